The maximum Gasteiger partial charge on any atom is 0.234 e. The number of carbonyl (C=O) groups is 1. The van der Waals surface area contributed by atoms with Gasteiger partial charge in [-0.15, -0.1) is 11.3 Å². The number of nitrogens with zero attached hydrogens (tertiary/aromatic N) is 2. The largest absolute Gasteiger partial charge is 0.325 e. The van der Waals surface area contributed by atoms with Gasteiger partial charge >= 0.3 is 0 Å². The maximum atomic E-state index is 12.0. The summed E-state index contributed by atoms with van der Waals surface area (Å²) in [6, 6.07) is 14.4. The van der Waals surface area contributed by atoms with E-state index in [1.165, 1.54) is 23.1 Å². The number of carbonyl (C=O) groups excluding carboxylic acids is 1. The third-order valence-corrected chi connectivity index (χ3v) is 5.37. The number of fused-ring (bicyclic) bond motifs is 1. The molecule has 0 aliphatic carbocycles. The number of nitriles is 1. The van der Waals surface area contributed by atoms with Gasteiger partial charge in [0, 0.05) is 10.7 Å². The average Bonchev–Trinajstić information content (AvgIpc) is 2.95. The van der Waals surface area contributed by atoms with Gasteiger partial charge in [-0.3, -0.25) is 4.79 Å². The van der Waals surface area contributed by atoms with Gasteiger partial charge < -0.3 is 5.32 Å². The molecule has 0 aliphatic heterocycles. The molecule has 0 atom stereocenters. The van der Waals surface area contributed by atoms with E-state index in [1.807, 2.05) is 24.3 Å². The van der Waals surface area contributed by atoms with E-state index >= 15 is 0 Å². The molecule has 0 aliphatic rings. The van der Waals surface area contributed by atoms with Crippen molar-refractivity contribution in [2.24, 2.45) is 0 Å². The van der Waals surface area contributed by atoms with Gasteiger partial charge in [-0.1, -0.05) is 23.4 Å². The minimum Gasteiger partial charge on any atom is -0.325 e. The highest BCUT2D eigenvalue weighted by molar-refractivity contribution is 8.01. The smallest absolute Gasteiger partial charge is 0.234 e. The van der Waals surface area contributed by atoms with Crippen LogP contribution in [-0.2, 0) is 4.79 Å². The van der Waals surface area contributed by atoms with Crippen LogP contribution in [-0.4, -0.2) is 16.6 Å². The second-order valence-corrected chi connectivity index (χ2v) is 7.31. The van der Waals surface area contributed by atoms with Gasteiger partial charge in [0.2, 0.25) is 5.91 Å². The van der Waals surface area contributed by atoms with Crippen LogP contribution in [0.25, 0.3) is 10.2 Å². The molecule has 2 aromatic carbocycles. The monoisotopic (exact) mass is 359 g/mol. The Morgan fingerprint density at radius 2 is 2.09 bits per heavy atom. The maximum absolute atomic E-state index is 12.0. The molecule has 114 valence electrons. The number of thioether (sulfide) groups is 1. The summed E-state index contributed by atoms with van der Waals surface area (Å²) >= 11 is 8.86. The molecule has 1 aromatic heterocycles. The lowest BCUT2D eigenvalue weighted by atomic mass is 10.2. The second kappa shape index (κ2) is 7.01. The molecule has 23 heavy (non-hydrogen) atoms. The summed E-state index contributed by atoms with van der Waals surface area (Å²) < 4.78 is 1.88. The molecular formula is C16H10ClN3OS2. The molecule has 4 nitrogen and oxygen atoms in total. The van der Waals surface area contributed by atoms with Gasteiger partial charge in [-0.2, -0.15) is 5.26 Å². The van der Waals surface area contributed by atoms with Gasteiger partial charge in [0.15, 0.2) is 4.34 Å². The number of thiazole rings is 1. The van der Waals surface area contributed by atoms with Crippen LogP contribution in [0.15, 0.2) is 46.8 Å². The van der Waals surface area contributed by atoms with E-state index in [0.717, 1.165) is 14.6 Å². The number of hydrogen-bond acceptors (Lipinski definition) is 5. The highest BCUT2D eigenvalue weighted by Gasteiger charge is 2.08. The fourth-order valence-electron chi connectivity index (χ4n) is 1.89. The predicted molar refractivity (Wildman–Crippen MR) is 95.1 cm³/mol. The Bertz CT molecular complexity index is 900. The van der Waals surface area contributed by atoms with E-state index in [0.29, 0.717) is 16.3 Å². The average molecular weight is 360 g/mol. The summed E-state index contributed by atoms with van der Waals surface area (Å²) in [5.41, 5.74) is 2.08. The predicted octanol–water partition coefficient (Wildman–Crippen LogP) is 4.55. The Morgan fingerprint density at radius 3 is 2.83 bits per heavy atom. The molecule has 0 fully saturated rings. The summed E-state index contributed by atoms with van der Waals surface area (Å²) in [5, 5.41) is 12.2. The standard InChI is InChI=1S/C16H10ClN3OS2/c17-11-3-6-14-13(7-11)20-16(23-14)22-9-15(21)19-12-4-1-10(8-18)2-5-12/h1-7H,9H2,(H,19,21). The van der Waals surface area contributed by atoms with Crippen molar-refractivity contribution in [2.45, 2.75) is 4.34 Å². The Hall–Kier alpha value is -2.07. The van der Waals surface area contributed by atoms with Crippen molar-refractivity contribution in [3.8, 4) is 6.07 Å². The normalized spacial score (nSPS) is 10.4. The van der Waals surface area contributed by atoms with E-state index in [4.69, 9.17) is 16.9 Å². The van der Waals surface area contributed by atoms with Crippen LogP contribution in [0.5, 0.6) is 0 Å². The van der Waals surface area contributed by atoms with Crippen molar-refractivity contribution in [3.05, 3.63) is 53.1 Å². The zero-order valence-corrected chi connectivity index (χ0v) is 14.1. The molecule has 0 saturated carbocycles. The topological polar surface area (TPSA) is 65.8 Å². The molecule has 1 N–H and O–H groups in total. The number of benzene rings is 2. The summed E-state index contributed by atoms with van der Waals surface area (Å²) in [4.78, 5) is 16.4. The number of amides is 1. The lowest BCUT2D eigenvalue weighted by molar-refractivity contribution is -0.113. The first-order chi connectivity index (χ1) is 11.1. The number of anilines is 1. The quantitative estimate of drug-likeness (QED) is 0.694. The molecular weight excluding hydrogens is 350 g/mol. The fraction of sp³-hybridized carbons (Fsp3) is 0.0625. The lowest BCUT2D eigenvalue weighted by Crippen LogP contribution is -2.13. The van der Waals surface area contributed by atoms with Crippen molar-refractivity contribution in [1.29, 1.82) is 5.26 Å². The Labute approximate surface area is 146 Å². The highest BCUT2D eigenvalue weighted by atomic mass is 35.5. The van der Waals surface area contributed by atoms with Gasteiger partial charge in [-0.25, -0.2) is 4.98 Å². The molecule has 0 saturated heterocycles. The molecule has 7 heteroatoms. The first-order valence-electron chi connectivity index (χ1n) is 6.63. The van der Waals surface area contributed by atoms with Crippen molar-refractivity contribution in [1.82, 2.24) is 4.98 Å². The van der Waals surface area contributed by atoms with Crippen molar-refractivity contribution >= 4 is 56.5 Å². The number of hydrogen-bond donors (Lipinski definition) is 1. The summed E-state index contributed by atoms with van der Waals surface area (Å²) in [7, 11) is 0. The first kappa shape index (κ1) is 15.8. The zero-order chi connectivity index (χ0) is 16.2. The number of halogens is 1. The van der Waals surface area contributed by atoms with Crippen LogP contribution in [0.2, 0.25) is 5.02 Å². The van der Waals surface area contributed by atoms with E-state index < -0.39 is 0 Å². The van der Waals surface area contributed by atoms with Crippen LogP contribution >= 0.6 is 34.7 Å². The SMILES string of the molecule is N#Cc1ccc(NC(=O)CSc2nc3cc(Cl)ccc3s2)cc1. The fourth-order valence-corrected chi connectivity index (χ4v) is 3.91. The zero-order valence-electron chi connectivity index (χ0n) is 11.7. The van der Waals surface area contributed by atoms with E-state index in [2.05, 4.69) is 10.3 Å². The van der Waals surface area contributed by atoms with Gasteiger partial charge in [0.1, 0.15) is 0 Å². The van der Waals surface area contributed by atoms with E-state index in [1.54, 1.807) is 24.3 Å². The van der Waals surface area contributed by atoms with Crippen molar-refractivity contribution < 1.29 is 4.79 Å². The molecule has 0 unspecified atom stereocenters. The third-order valence-electron chi connectivity index (χ3n) is 2.95. The molecule has 0 spiro atoms. The minimum atomic E-state index is -0.114. The van der Waals surface area contributed by atoms with Gasteiger partial charge in [-0.05, 0) is 42.5 Å². The Kier molecular flexibility index (Phi) is 4.82. The van der Waals surface area contributed by atoms with Crippen LogP contribution < -0.4 is 5.32 Å². The van der Waals surface area contributed by atoms with Crippen LogP contribution in [0, 0.1) is 11.3 Å². The summed E-state index contributed by atoms with van der Waals surface area (Å²) in [6.07, 6.45) is 0. The van der Waals surface area contributed by atoms with Crippen molar-refractivity contribution in [3.63, 3.8) is 0 Å². The molecule has 3 aromatic rings. The van der Waals surface area contributed by atoms with Crippen LogP contribution in [0.1, 0.15) is 5.56 Å². The lowest BCUT2D eigenvalue weighted by Gasteiger charge is -2.03. The molecule has 0 radical (unpaired) electrons. The van der Waals surface area contributed by atoms with E-state index in [-0.39, 0.29) is 11.7 Å². The molecule has 1 heterocycles. The number of rotatable bonds is 4. The number of nitrogens with one attached hydrogen (secondary N) is 1. The van der Waals surface area contributed by atoms with E-state index in [9.17, 15) is 4.79 Å². The molecule has 3 rings (SSSR count). The summed E-state index contributed by atoms with van der Waals surface area (Å²) in [5.74, 6) is 0.157. The Balaban J connectivity index is 1.60. The Morgan fingerprint density at radius 1 is 1.30 bits per heavy atom. The first-order valence-corrected chi connectivity index (χ1v) is 8.81. The number of aromatic nitrogens is 1. The van der Waals surface area contributed by atoms with Gasteiger partial charge in [0.25, 0.3) is 0 Å². The van der Waals surface area contributed by atoms with Crippen molar-refractivity contribution in [2.75, 3.05) is 11.1 Å². The third kappa shape index (κ3) is 4.02. The summed E-state index contributed by atoms with van der Waals surface area (Å²) in [6.45, 7) is 0. The second-order valence-electron chi connectivity index (χ2n) is 4.62. The minimum absolute atomic E-state index is 0.114. The molecule has 1 amide bonds. The van der Waals surface area contributed by atoms with Crippen LogP contribution in [0.4, 0.5) is 5.69 Å². The highest BCUT2D eigenvalue weighted by Crippen LogP contribution is 2.31. The van der Waals surface area contributed by atoms with Gasteiger partial charge in [0.05, 0.1) is 27.6 Å². The molecule has 0 bridgehead atoms. The van der Waals surface area contributed by atoms with Crippen LogP contribution in [0.3, 0.4) is 0 Å².